The van der Waals surface area contributed by atoms with Gasteiger partial charge in [-0.25, -0.2) is 4.79 Å². The summed E-state index contributed by atoms with van der Waals surface area (Å²) >= 11 is 3.89. The summed E-state index contributed by atoms with van der Waals surface area (Å²) in [5.41, 5.74) is 0. The van der Waals surface area contributed by atoms with E-state index in [1.54, 1.807) is 0 Å². The van der Waals surface area contributed by atoms with E-state index in [9.17, 15) is 9.59 Å². The van der Waals surface area contributed by atoms with Gasteiger partial charge in [-0.1, -0.05) is 0 Å². The summed E-state index contributed by atoms with van der Waals surface area (Å²) in [4.78, 5) is 21.6. The highest BCUT2D eigenvalue weighted by molar-refractivity contribution is 7.80. The third-order valence-electron chi connectivity index (χ3n) is 1.35. The minimum atomic E-state index is -1.12. The Morgan fingerprint density at radius 2 is 2.21 bits per heavy atom. The van der Waals surface area contributed by atoms with Gasteiger partial charge in [0.25, 0.3) is 0 Å². The number of hydrogen-bond donors (Lipinski definition) is 3. The molecule has 0 bridgehead atoms. The van der Waals surface area contributed by atoms with E-state index in [0.717, 1.165) is 0 Å². The van der Waals surface area contributed by atoms with Crippen molar-refractivity contribution in [3.05, 3.63) is 0 Å². The summed E-state index contributed by atoms with van der Waals surface area (Å²) in [7, 11) is 0. The Morgan fingerprint density at radius 1 is 1.57 bits per heavy atom. The van der Waals surface area contributed by atoms with Crippen molar-refractivity contribution in [2.75, 3.05) is 18.9 Å². The van der Waals surface area contributed by atoms with Gasteiger partial charge in [-0.15, -0.1) is 0 Å². The second-order valence-electron chi connectivity index (χ2n) is 2.67. The molecule has 0 rings (SSSR count). The lowest BCUT2D eigenvalue weighted by Crippen LogP contribution is -2.29. The van der Waals surface area contributed by atoms with E-state index in [-0.39, 0.29) is 19.1 Å². The van der Waals surface area contributed by atoms with E-state index in [2.05, 4.69) is 22.7 Å². The normalized spacial score (nSPS) is 11.9. The number of amides is 1. The van der Waals surface area contributed by atoms with Crippen molar-refractivity contribution in [3.8, 4) is 0 Å². The van der Waals surface area contributed by atoms with Crippen molar-refractivity contribution in [3.63, 3.8) is 0 Å². The molecular formula is C8H15NO4S. The predicted octanol–water partition coefficient (Wildman–Crippen LogP) is -0.654. The average Bonchev–Trinajstić information content (AvgIpc) is 2.12. The van der Waals surface area contributed by atoms with Crippen LogP contribution >= 0.6 is 12.6 Å². The van der Waals surface area contributed by atoms with Gasteiger partial charge in [0.1, 0.15) is 12.7 Å². The maximum absolute atomic E-state index is 10.9. The number of carbonyl (C=O) groups excluding carboxylic acids is 2. The number of carbonyl (C=O) groups is 2. The molecule has 5 nitrogen and oxygen atoms in total. The van der Waals surface area contributed by atoms with Crippen molar-refractivity contribution in [1.29, 1.82) is 0 Å². The summed E-state index contributed by atoms with van der Waals surface area (Å²) in [5, 5.41) is 11.3. The molecule has 0 saturated carbocycles. The topological polar surface area (TPSA) is 75.6 Å². The van der Waals surface area contributed by atoms with Crippen LogP contribution in [0.15, 0.2) is 0 Å². The first-order valence-electron chi connectivity index (χ1n) is 4.30. The van der Waals surface area contributed by atoms with E-state index in [1.807, 2.05) is 0 Å². The minimum Gasteiger partial charge on any atom is -0.462 e. The molecule has 0 heterocycles. The molecular weight excluding hydrogens is 206 g/mol. The molecule has 0 aliphatic rings. The monoisotopic (exact) mass is 221 g/mol. The molecule has 0 aromatic rings. The number of hydrogen-bond acceptors (Lipinski definition) is 5. The number of nitrogens with one attached hydrogen (secondary N) is 1. The van der Waals surface area contributed by atoms with Crippen molar-refractivity contribution in [2.45, 2.75) is 19.4 Å². The zero-order chi connectivity index (χ0) is 11.0. The van der Waals surface area contributed by atoms with Gasteiger partial charge in [0.15, 0.2) is 0 Å². The average molecular weight is 221 g/mol. The van der Waals surface area contributed by atoms with E-state index < -0.39 is 12.1 Å². The molecule has 0 saturated heterocycles. The van der Waals surface area contributed by atoms with Crippen LogP contribution < -0.4 is 5.32 Å². The summed E-state index contributed by atoms with van der Waals surface area (Å²) in [5.74, 6) is -0.333. The fourth-order valence-corrected chi connectivity index (χ4v) is 0.856. The minimum absolute atomic E-state index is 0.0715. The maximum Gasteiger partial charge on any atom is 0.334 e. The van der Waals surface area contributed by atoms with Crippen LogP contribution in [0, 0.1) is 0 Å². The molecule has 2 N–H and O–H groups in total. The number of esters is 1. The summed E-state index contributed by atoms with van der Waals surface area (Å²) < 4.78 is 4.61. The molecule has 0 radical (unpaired) electrons. The van der Waals surface area contributed by atoms with Crippen LogP contribution in [0.5, 0.6) is 0 Å². The van der Waals surface area contributed by atoms with Gasteiger partial charge < -0.3 is 15.2 Å². The van der Waals surface area contributed by atoms with E-state index in [1.165, 1.54) is 6.92 Å². The molecule has 0 aromatic carbocycles. The molecule has 1 unspecified atom stereocenters. The summed E-state index contributed by atoms with van der Waals surface area (Å²) in [6.45, 7) is 1.65. The number of rotatable bonds is 6. The highest BCUT2D eigenvalue weighted by Crippen LogP contribution is 1.86. The van der Waals surface area contributed by atoms with Gasteiger partial charge in [-0.3, -0.25) is 4.79 Å². The number of aliphatic hydroxyl groups is 1. The highest BCUT2D eigenvalue weighted by atomic mass is 32.1. The van der Waals surface area contributed by atoms with Crippen molar-refractivity contribution in [2.24, 2.45) is 0 Å². The fourth-order valence-electron chi connectivity index (χ4n) is 0.653. The lowest BCUT2D eigenvalue weighted by molar-refractivity contribution is -0.152. The zero-order valence-electron chi connectivity index (χ0n) is 8.02. The lowest BCUT2D eigenvalue weighted by atomic mass is 10.4. The van der Waals surface area contributed by atoms with Gasteiger partial charge >= 0.3 is 5.97 Å². The first kappa shape index (κ1) is 13.2. The molecule has 82 valence electrons. The Balaban J connectivity index is 3.38. The van der Waals surface area contributed by atoms with Crippen LogP contribution in [0.1, 0.15) is 13.3 Å². The van der Waals surface area contributed by atoms with Crippen LogP contribution in [0.25, 0.3) is 0 Å². The Bertz CT molecular complexity index is 196. The van der Waals surface area contributed by atoms with Crippen LogP contribution in [-0.4, -0.2) is 42.0 Å². The third kappa shape index (κ3) is 6.73. The molecule has 0 aliphatic carbocycles. The number of ether oxygens (including phenoxy) is 1. The first-order valence-corrected chi connectivity index (χ1v) is 4.93. The van der Waals surface area contributed by atoms with Crippen LogP contribution in [-0.2, 0) is 14.3 Å². The Hall–Kier alpha value is -0.750. The molecule has 1 amide bonds. The Morgan fingerprint density at radius 3 is 2.71 bits per heavy atom. The fraction of sp³-hybridized carbons (Fsp3) is 0.750. The van der Waals surface area contributed by atoms with Crippen LogP contribution in [0.4, 0.5) is 0 Å². The molecule has 0 aliphatic heterocycles. The van der Waals surface area contributed by atoms with Crippen LogP contribution in [0.3, 0.4) is 0 Å². The largest absolute Gasteiger partial charge is 0.462 e. The third-order valence-corrected chi connectivity index (χ3v) is 1.57. The van der Waals surface area contributed by atoms with Gasteiger partial charge in [0.05, 0.1) is 6.54 Å². The summed E-state index contributed by atoms with van der Waals surface area (Å²) in [6, 6.07) is 0. The Labute approximate surface area is 88.2 Å². The SMILES string of the molecule is CC(O)C(=O)OCCNC(=O)CCS. The summed E-state index contributed by atoms with van der Waals surface area (Å²) in [6.07, 6.45) is -0.781. The molecule has 0 aromatic heterocycles. The smallest absolute Gasteiger partial charge is 0.334 e. The van der Waals surface area contributed by atoms with Gasteiger partial charge in [0, 0.05) is 6.42 Å². The number of thiol groups is 1. The van der Waals surface area contributed by atoms with Crippen LogP contribution in [0.2, 0.25) is 0 Å². The van der Waals surface area contributed by atoms with Crippen molar-refractivity contribution < 1.29 is 19.4 Å². The molecule has 0 fully saturated rings. The molecule has 14 heavy (non-hydrogen) atoms. The van der Waals surface area contributed by atoms with Crippen molar-refractivity contribution >= 4 is 24.5 Å². The first-order chi connectivity index (χ1) is 6.57. The highest BCUT2D eigenvalue weighted by Gasteiger charge is 2.09. The molecule has 6 heteroatoms. The maximum atomic E-state index is 10.9. The van der Waals surface area contributed by atoms with Crippen molar-refractivity contribution in [1.82, 2.24) is 5.32 Å². The second-order valence-corrected chi connectivity index (χ2v) is 3.11. The van der Waals surface area contributed by atoms with Gasteiger partial charge in [0.2, 0.25) is 5.91 Å². The van der Waals surface area contributed by atoms with E-state index >= 15 is 0 Å². The van der Waals surface area contributed by atoms with Gasteiger partial charge in [-0.05, 0) is 12.7 Å². The zero-order valence-corrected chi connectivity index (χ0v) is 8.92. The Kier molecular flexibility index (Phi) is 7.23. The van der Waals surface area contributed by atoms with E-state index in [0.29, 0.717) is 12.2 Å². The molecule has 1 atom stereocenters. The van der Waals surface area contributed by atoms with Gasteiger partial charge in [-0.2, -0.15) is 12.6 Å². The lowest BCUT2D eigenvalue weighted by Gasteiger charge is -2.07. The second kappa shape index (κ2) is 7.64. The van der Waals surface area contributed by atoms with E-state index in [4.69, 9.17) is 5.11 Å². The number of aliphatic hydroxyl groups excluding tert-OH is 1. The standard InChI is InChI=1S/C8H15NO4S/c1-6(10)8(12)13-4-3-9-7(11)2-5-14/h6,10,14H,2-5H2,1H3,(H,9,11). The molecule has 0 spiro atoms. The predicted molar refractivity (Wildman–Crippen MR) is 54.1 cm³/mol. The quantitative estimate of drug-likeness (QED) is 0.316.